The van der Waals surface area contributed by atoms with E-state index in [1.54, 1.807) is 34.9 Å². The largest absolute Gasteiger partial charge is 0.318 e. The molecule has 3 N–H and O–H groups in total. The van der Waals surface area contributed by atoms with Crippen LogP contribution in [-0.4, -0.2) is 21.2 Å². The van der Waals surface area contributed by atoms with Crippen molar-refractivity contribution in [3.8, 4) is 0 Å². The van der Waals surface area contributed by atoms with E-state index in [2.05, 4.69) is 4.98 Å². The minimum absolute atomic E-state index is 0.259. The van der Waals surface area contributed by atoms with E-state index >= 15 is 0 Å². The molecule has 2 heterocycles. The van der Waals surface area contributed by atoms with Crippen LogP contribution >= 0.6 is 0 Å². The number of H-pyrrole nitrogens is 1. The summed E-state index contributed by atoms with van der Waals surface area (Å²) in [6.45, 7) is 0. The molecule has 0 radical (unpaired) electrons. The third kappa shape index (κ3) is 1.03. The smallest absolute Gasteiger partial charge is 0.272 e. The van der Waals surface area contributed by atoms with Crippen molar-refractivity contribution in [3.63, 3.8) is 0 Å². The second kappa shape index (κ2) is 2.93. The van der Waals surface area contributed by atoms with Gasteiger partial charge in [0.25, 0.3) is 5.56 Å². The Kier molecular flexibility index (Phi) is 1.67. The van der Waals surface area contributed by atoms with Crippen LogP contribution in [0, 0.1) is 0 Å². The summed E-state index contributed by atoms with van der Waals surface area (Å²) in [7, 11) is 0. The van der Waals surface area contributed by atoms with Crippen LogP contribution < -0.4 is 11.3 Å². The normalized spacial score (nSPS) is 19.1. The quantitative estimate of drug-likeness (QED) is 0.657. The average molecular weight is 215 g/mol. The molecule has 0 aliphatic heterocycles. The van der Waals surface area contributed by atoms with Gasteiger partial charge >= 0.3 is 0 Å². The van der Waals surface area contributed by atoms with Gasteiger partial charge in [0, 0.05) is 6.20 Å². The van der Waals surface area contributed by atoms with E-state index in [-0.39, 0.29) is 17.0 Å². The highest BCUT2D eigenvalue weighted by Crippen LogP contribution is 2.16. The fourth-order valence-corrected chi connectivity index (χ4v) is 1.94. The Labute approximate surface area is 90.2 Å². The third-order valence-corrected chi connectivity index (χ3v) is 2.75. The van der Waals surface area contributed by atoms with Gasteiger partial charge in [-0.25, -0.2) is 0 Å². The van der Waals surface area contributed by atoms with Gasteiger partial charge in [-0.15, -0.1) is 0 Å². The number of nitrogens with one attached hydrogen (secondary N) is 1. The summed E-state index contributed by atoms with van der Waals surface area (Å²) in [5.74, 6) is -0.259. The lowest BCUT2D eigenvalue weighted by atomic mass is 10.0. The number of hydrogen-bond acceptors (Lipinski definition) is 3. The Morgan fingerprint density at radius 3 is 3.00 bits per heavy atom. The molecule has 1 aliphatic carbocycles. The van der Waals surface area contributed by atoms with Gasteiger partial charge in [-0.1, -0.05) is 6.08 Å². The number of nitrogens with zero attached hydrogens (tertiary/aromatic N) is 1. The number of Topliss-reactive ketones (excluding diaryl/α,β-unsaturated/α-hetero) is 1. The summed E-state index contributed by atoms with van der Waals surface area (Å²) in [5, 5.41) is 0. The Balaban J connectivity index is 2.48. The lowest BCUT2D eigenvalue weighted by Crippen LogP contribution is -2.34. The minimum atomic E-state index is -0.670. The molecule has 0 aromatic carbocycles. The van der Waals surface area contributed by atoms with Crippen LogP contribution in [0.4, 0.5) is 0 Å². The second-order valence-electron chi connectivity index (χ2n) is 3.73. The van der Waals surface area contributed by atoms with Crippen molar-refractivity contribution in [1.29, 1.82) is 0 Å². The van der Waals surface area contributed by atoms with Gasteiger partial charge in [-0.2, -0.15) is 0 Å². The Morgan fingerprint density at radius 1 is 1.38 bits per heavy atom. The predicted octanol–water partition coefficient (Wildman–Crippen LogP) is 0.164. The zero-order chi connectivity index (χ0) is 11.3. The number of rotatable bonds is 0. The van der Waals surface area contributed by atoms with E-state index in [9.17, 15) is 9.59 Å². The summed E-state index contributed by atoms with van der Waals surface area (Å²) in [6, 6.07) is 2.79. The summed E-state index contributed by atoms with van der Waals surface area (Å²) in [4.78, 5) is 26.0. The molecule has 2 aromatic rings. The molecule has 0 amide bonds. The first-order chi connectivity index (χ1) is 7.68. The van der Waals surface area contributed by atoms with Crippen molar-refractivity contribution >= 4 is 17.4 Å². The van der Waals surface area contributed by atoms with E-state index in [0.717, 1.165) is 0 Å². The predicted molar refractivity (Wildman–Crippen MR) is 59.4 cm³/mol. The number of aromatic amines is 1. The van der Waals surface area contributed by atoms with Crippen molar-refractivity contribution < 1.29 is 4.79 Å². The van der Waals surface area contributed by atoms with E-state index in [1.165, 1.54) is 0 Å². The molecule has 0 saturated heterocycles. The van der Waals surface area contributed by atoms with E-state index in [4.69, 9.17) is 5.73 Å². The van der Waals surface area contributed by atoms with Gasteiger partial charge < -0.3 is 15.1 Å². The molecular formula is C11H9N3O2. The van der Waals surface area contributed by atoms with Gasteiger partial charge in [0.2, 0.25) is 5.78 Å². The topological polar surface area (TPSA) is 80.4 Å². The van der Waals surface area contributed by atoms with Crippen molar-refractivity contribution in [2.45, 2.75) is 6.04 Å². The Morgan fingerprint density at radius 2 is 2.19 bits per heavy atom. The lowest BCUT2D eigenvalue weighted by molar-refractivity contribution is 0.0970. The fraction of sp³-hybridized carbons (Fsp3) is 0.0909. The number of ketones is 1. The highest BCUT2D eigenvalue weighted by Gasteiger charge is 2.23. The number of fused-ring (bicyclic) bond motifs is 3. The van der Waals surface area contributed by atoms with Crippen LogP contribution in [0.5, 0.6) is 0 Å². The average Bonchev–Trinajstić information content (AvgIpc) is 2.74. The van der Waals surface area contributed by atoms with Gasteiger partial charge in [0.1, 0.15) is 11.2 Å². The molecule has 5 nitrogen and oxygen atoms in total. The van der Waals surface area contributed by atoms with Crippen molar-refractivity contribution in [1.82, 2.24) is 9.38 Å². The molecule has 80 valence electrons. The van der Waals surface area contributed by atoms with Gasteiger partial charge in [-0.05, 0) is 18.2 Å². The maximum atomic E-state index is 11.8. The highest BCUT2D eigenvalue weighted by atomic mass is 16.1. The monoisotopic (exact) mass is 215 g/mol. The Hall–Kier alpha value is -2.14. The fourth-order valence-electron chi connectivity index (χ4n) is 1.94. The molecule has 1 atom stereocenters. The SMILES string of the molecule is NC1C=Cc2c([nH]c(=O)c3cccn23)C1=O. The van der Waals surface area contributed by atoms with Gasteiger partial charge in [0.15, 0.2) is 0 Å². The van der Waals surface area contributed by atoms with Crippen molar-refractivity contribution in [3.05, 3.63) is 46.1 Å². The highest BCUT2D eigenvalue weighted by molar-refractivity contribution is 6.04. The maximum Gasteiger partial charge on any atom is 0.272 e. The molecule has 16 heavy (non-hydrogen) atoms. The second-order valence-corrected chi connectivity index (χ2v) is 3.73. The van der Waals surface area contributed by atoms with E-state index in [1.807, 2.05) is 0 Å². The van der Waals surface area contributed by atoms with E-state index in [0.29, 0.717) is 11.2 Å². The van der Waals surface area contributed by atoms with Crippen LogP contribution in [-0.2, 0) is 0 Å². The van der Waals surface area contributed by atoms with Gasteiger partial charge in [-0.3, -0.25) is 9.59 Å². The van der Waals surface area contributed by atoms with Crippen LogP contribution in [0.25, 0.3) is 11.6 Å². The van der Waals surface area contributed by atoms with Crippen molar-refractivity contribution in [2.24, 2.45) is 5.73 Å². The molecule has 0 fully saturated rings. The van der Waals surface area contributed by atoms with Crippen LogP contribution in [0.1, 0.15) is 16.2 Å². The van der Waals surface area contributed by atoms with Crippen LogP contribution in [0.2, 0.25) is 0 Å². The molecule has 5 heteroatoms. The Bertz CT molecular complexity index is 678. The summed E-state index contributed by atoms with van der Waals surface area (Å²) >= 11 is 0. The first-order valence-electron chi connectivity index (χ1n) is 4.90. The first kappa shape index (κ1) is 9.11. The maximum absolute atomic E-state index is 11.8. The molecule has 1 aliphatic rings. The standard InChI is InChI=1S/C11H9N3O2/c12-6-3-4-7-9(10(6)15)13-11(16)8-2-1-5-14(7)8/h1-6H,12H2,(H,13,16). The van der Waals surface area contributed by atoms with Crippen LogP contribution in [0.15, 0.2) is 29.2 Å². The summed E-state index contributed by atoms with van der Waals surface area (Å²) in [5.41, 5.74) is 6.79. The summed E-state index contributed by atoms with van der Waals surface area (Å²) < 4.78 is 1.69. The third-order valence-electron chi connectivity index (χ3n) is 2.75. The minimum Gasteiger partial charge on any atom is -0.318 e. The first-order valence-corrected chi connectivity index (χ1v) is 4.90. The molecule has 1 unspecified atom stereocenters. The number of carbonyl (C=O) groups excluding carboxylic acids is 1. The van der Waals surface area contributed by atoms with Crippen LogP contribution in [0.3, 0.4) is 0 Å². The number of hydrogen-bond donors (Lipinski definition) is 2. The number of nitrogens with two attached hydrogens (primary N) is 1. The van der Waals surface area contributed by atoms with E-state index < -0.39 is 6.04 Å². The molecule has 0 saturated carbocycles. The molecule has 3 rings (SSSR count). The molecule has 2 aromatic heterocycles. The van der Waals surface area contributed by atoms with Crippen molar-refractivity contribution in [2.75, 3.05) is 0 Å². The number of aromatic nitrogens is 2. The zero-order valence-corrected chi connectivity index (χ0v) is 8.31. The summed E-state index contributed by atoms with van der Waals surface area (Å²) in [6.07, 6.45) is 5.13. The van der Waals surface area contributed by atoms with Gasteiger partial charge in [0.05, 0.1) is 11.7 Å². The number of carbonyl (C=O) groups is 1. The molecule has 0 spiro atoms. The molecular weight excluding hydrogens is 206 g/mol. The lowest BCUT2D eigenvalue weighted by Gasteiger charge is -2.15. The molecule has 0 bridgehead atoms. The zero-order valence-electron chi connectivity index (χ0n) is 8.31.